The average Bonchev–Trinajstić information content (AvgIpc) is 2.45. The maximum absolute atomic E-state index is 12.6. The summed E-state index contributed by atoms with van der Waals surface area (Å²) in [4.78, 5) is -0.436. The molecule has 130 valence electrons. The Kier molecular flexibility index (Phi) is 4.91. The molecule has 0 aliphatic heterocycles. The summed E-state index contributed by atoms with van der Waals surface area (Å²) < 4.78 is 75.5. The molecule has 24 heavy (non-hydrogen) atoms. The van der Waals surface area contributed by atoms with Crippen molar-refractivity contribution in [3.8, 4) is 16.9 Å². The van der Waals surface area contributed by atoms with Gasteiger partial charge >= 0.3 is 6.18 Å². The average molecular weight is 360 g/mol. The topological polar surface area (TPSA) is 63.6 Å². The van der Waals surface area contributed by atoms with Crippen molar-refractivity contribution in [1.82, 2.24) is 0 Å². The van der Waals surface area contributed by atoms with Crippen LogP contribution in [-0.2, 0) is 16.3 Å². The fraction of sp³-hybridized carbons (Fsp3) is 0.250. The molecule has 0 aliphatic carbocycles. The maximum Gasteiger partial charge on any atom is 0.416 e. The smallest absolute Gasteiger partial charge is 0.416 e. The SMILES string of the molecule is CC(C)Oc1ccc(-c2ccc(C(F)(F)F)cc2)cc1S(=O)(=O)O. The van der Waals surface area contributed by atoms with Crippen LogP contribution < -0.4 is 4.74 Å². The second-order valence-electron chi connectivity index (χ2n) is 5.38. The van der Waals surface area contributed by atoms with E-state index in [4.69, 9.17) is 4.74 Å². The van der Waals surface area contributed by atoms with Gasteiger partial charge in [-0.25, -0.2) is 0 Å². The van der Waals surface area contributed by atoms with Gasteiger partial charge in [-0.15, -0.1) is 0 Å². The van der Waals surface area contributed by atoms with E-state index in [2.05, 4.69) is 0 Å². The lowest BCUT2D eigenvalue weighted by atomic mass is 10.0. The minimum atomic E-state index is -4.55. The van der Waals surface area contributed by atoms with E-state index in [-0.39, 0.29) is 11.9 Å². The maximum atomic E-state index is 12.6. The molecule has 1 N–H and O–H groups in total. The van der Waals surface area contributed by atoms with Gasteiger partial charge in [0.25, 0.3) is 10.1 Å². The first kappa shape index (κ1) is 18.3. The number of hydrogen-bond acceptors (Lipinski definition) is 3. The van der Waals surface area contributed by atoms with Gasteiger partial charge in [0, 0.05) is 0 Å². The lowest BCUT2D eigenvalue weighted by Crippen LogP contribution is -2.10. The highest BCUT2D eigenvalue weighted by atomic mass is 32.2. The summed E-state index contributed by atoms with van der Waals surface area (Å²) in [5, 5.41) is 0. The van der Waals surface area contributed by atoms with Gasteiger partial charge in [0.15, 0.2) is 0 Å². The molecule has 0 amide bonds. The summed E-state index contributed by atoms with van der Waals surface area (Å²) in [6, 6.07) is 8.30. The molecule has 0 fully saturated rings. The molecule has 0 spiro atoms. The van der Waals surface area contributed by atoms with Gasteiger partial charge < -0.3 is 4.74 Å². The van der Waals surface area contributed by atoms with E-state index in [0.717, 1.165) is 18.2 Å². The Hall–Kier alpha value is -2.06. The third-order valence-corrected chi connectivity index (χ3v) is 4.00. The molecule has 2 aromatic carbocycles. The molecule has 0 radical (unpaired) electrons. The van der Waals surface area contributed by atoms with Crippen LogP contribution >= 0.6 is 0 Å². The van der Waals surface area contributed by atoms with Crippen LogP contribution in [0.5, 0.6) is 5.75 Å². The van der Waals surface area contributed by atoms with Gasteiger partial charge in [-0.2, -0.15) is 21.6 Å². The molecule has 8 heteroatoms. The Labute approximate surface area is 137 Å². The number of ether oxygens (including phenoxy) is 1. The van der Waals surface area contributed by atoms with Crippen LogP contribution in [0.15, 0.2) is 47.4 Å². The van der Waals surface area contributed by atoms with E-state index >= 15 is 0 Å². The summed E-state index contributed by atoms with van der Waals surface area (Å²) in [6.07, 6.45) is -4.77. The first-order valence-corrected chi connectivity index (χ1v) is 8.38. The largest absolute Gasteiger partial charge is 0.490 e. The standard InChI is InChI=1S/C16H15F3O4S/c1-10(2)23-14-8-5-12(9-15(14)24(20,21)22)11-3-6-13(7-4-11)16(17,18)19/h3-10H,1-2H3,(H,20,21,22). The Balaban J connectivity index is 2.49. The fourth-order valence-electron chi connectivity index (χ4n) is 2.09. The highest BCUT2D eigenvalue weighted by Gasteiger charge is 2.30. The van der Waals surface area contributed by atoms with Gasteiger partial charge in [-0.1, -0.05) is 18.2 Å². The molecule has 0 saturated carbocycles. The van der Waals surface area contributed by atoms with Crippen molar-refractivity contribution in [1.29, 1.82) is 0 Å². The molecule has 2 aromatic rings. The van der Waals surface area contributed by atoms with Gasteiger partial charge in [0.2, 0.25) is 0 Å². The zero-order valence-electron chi connectivity index (χ0n) is 12.8. The predicted octanol–water partition coefficient (Wildman–Crippen LogP) is 4.41. The second kappa shape index (κ2) is 6.45. The Bertz CT molecular complexity index is 825. The van der Waals surface area contributed by atoms with Crippen molar-refractivity contribution in [2.24, 2.45) is 0 Å². The van der Waals surface area contributed by atoms with E-state index in [9.17, 15) is 26.1 Å². The first-order valence-electron chi connectivity index (χ1n) is 6.94. The normalized spacial score (nSPS) is 12.5. The number of alkyl halides is 3. The van der Waals surface area contributed by atoms with Gasteiger partial charge in [-0.3, -0.25) is 4.55 Å². The zero-order valence-corrected chi connectivity index (χ0v) is 13.6. The lowest BCUT2D eigenvalue weighted by molar-refractivity contribution is -0.137. The number of rotatable bonds is 4. The summed E-state index contributed by atoms with van der Waals surface area (Å²) in [5.41, 5.74) is -0.0857. The van der Waals surface area contributed by atoms with Gasteiger partial charge in [0.1, 0.15) is 10.6 Å². The molecular weight excluding hydrogens is 345 g/mol. The molecule has 0 atom stereocenters. The van der Waals surface area contributed by atoms with Crippen molar-refractivity contribution in [2.75, 3.05) is 0 Å². The molecule has 2 rings (SSSR count). The highest BCUT2D eigenvalue weighted by Crippen LogP contribution is 2.33. The lowest BCUT2D eigenvalue weighted by Gasteiger charge is -2.14. The van der Waals surface area contributed by atoms with Gasteiger partial charge in [0.05, 0.1) is 11.7 Å². The third-order valence-electron chi connectivity index (χ3n) is 3.13. The molecule has 4 nitrogen and oxygen atoms in total. The van der Waals surface area contributed by atoms with Crippen molar-refractivity contribution in [2.45, 2.75) is 31.0 Å². The highest BCUT2D eigenvalue weighted by molar-refractivity contribution is 7.86. The van der Waals surface area contributed by atoms with E-state index in [1.165, 1.54) is 24.3 Å². The molecule has 0 aromatic heterocycles. The summed E-state index contributed by atoms with van der Waals surface area (Å²) in [7, 11) is -4.55. The summed E-state index contributed by atoms with van der Waals surface area (Å²) >= 11 is 0. The number of benzene rings is 2. The van der Waals surface area contributed by atoms with Crippen molar-refractivity contribution >= 4 is 10.1 Å². The number of hydrogen-bond donors (Lipinski definition) is 1. The van der Waals surface area contributed by atoms with Crippen molar-refractivity contribution in [3.63, 3.8) is 0 Å². The van der Waals surface area contributed by atoms with E-state index in [0.29, 0.717) is 11.1 Å². The van der Waals surface area contributed by atoms with E-state index < -0.39 is 26.8 Å². The van der Waals surface area contributed by atoms with E-state index in [1.807, 2.05) is 0 Å². The van der Waals surface area contributed by atoms with Crippen LogP contribution in [0, 0.1) is 0 Å². The molecule has 0 saturated heterocycles. The third kappa shape index (κ3) is 4.27. The molecule has 0 aliphatic rings. The predicted molar refractivity (Wildman–Crippen MR) is 82.5 cm³/mol. The minimum absolute atomic E-state index is 0.0249. The Morgan fingerprint density at radius 2 is 1.54 bits per heavy atom. The second-order valence-corrected chi connectivity index (χ2v) is 6.77. The fourth-order valence-corrected chi connectivity index (χ4v) is 2.74. The Morgan fingerprint density at radius 3 is 2.00 bits per heavy atom. The van der Waals surface area contributed by atoms with Crippen LogP contribution in [0.25, 0.3) is 11.1 Å². The monoisotopic (exact) mass is 360 g/mol. The Morgan fingerprint density at radius 1 is 1.00 bits per heavy atom. The zero-order chi connectivity index (χ0) is 18.1. The van der Waals surface area contributed by atoms with Crippen LogP contribution in [0.2, 0.25) is 0 Å². The molecule has 0 unspecified atom stereocenters. The van der Waals surface area contributed by atoms with Crippen LogP contribution in [-0.4, -0.2) is 19.1 Å². The van der Waals surface area contributed by atoms with Crippen LogP contribution in [0.4, 0.5) is 13.2 Å². The molecule has 0 bridgehead atoms. The molecular formula is C16H15F3O4S. The van der Waals surface area contributed by atoms with Gasteiger partial charge in [-0.05, 0) is 49.2 Å². The first-order chi connectivity index (χ1) is 11.0. The quantitative estimate of drug-likeness (QED) is 0.821. The van der Waals surface area contributed by atoms with Crippen LogP contribution in [0.3, 0.4) is 0 Å². The number of halogens is 3. The van der Waals surface area contributed by atoms with Crippen LogP contribution in [0.1, 0.15) is 19.4 Å². The minimum Gasteiger partial charge on any atom is -0.490 e. The molecule has 0 heterocycles. The summed E-state index contributed by atoms with van der Waals surface area (Å²) in [6.45, 7) is 3.38. The summed E-state index contributed by atoms with van der Waals surface area (Å²) in [5.74, 6) is -0.0249. The van der Waals surface area contributed by atoms with Crippen molar-refractivity contribution < 1.29 is 30.9 Å². The van der Waals surface area contributed by atoms with Crippen molar-refractivity contribution in [3.05, 3.63) is 48.0 Å². The van der Waals surface area contributed by atoms with E-state index in [1.54, 1.807) is 13.8 Å².